The number of hydrogen-bond acceptors (Lipinski definition) is 4. The Morgan fingerprint density at radius 2 is 2.05 bits per heavy atom. The van der Waals surface area contributed by atoms with Crippen LogP contribution in [0, 0.1) is 0 Å². The van der Waals surface area contributed by atoms with Crippen LogP contribution in [-0.2, 0) is 17.9 Å². The molecule has 0 amide bonds. The molecule has 0 spiro atoms. The molecule has 106 valence electrons. The largest absolute Gasteiger partial charge is 0.372 e. The second-order valence-electron chi connectivity index (χ2n) is 5.21. The van der Waals surface area contributed by atoms with E-state index in [1.165, 1.54) is 0 Å². The number of nitrogens with zero attached hydrogens (tertiary/aromatic N) is 2. The quantitative estimate of drug-likeness (QED) is 0.849. The number of aromatic nitrogens is 1. The molecule has 0 aliphatic carbocycles. The van der Waals surface area contributed by atoms with Gasteiger partial charge in [-0.2, -0.15) is 0 Å². The van der Waals surface area contributed by atoms with Crippen LogP contribution in [0.3, 0.4) is 0 Å². The maximum Gasteiger partial charge on any atom is 0.0891 e. The third-order valence-corrected chi connectivity index (χ3v) is 3.55. The van der Waals surface area contributed by atoms with Crippen molar-refractivity contribution in [3.8, 4) is 0 Å². The van der Waals surface area contributed by atoms with Crippen LogP contribution in [0.1, 0.15) is 31.2 Å². The highest BCUT2D eigenvalue weighted by molar-refractivity contribution is 5.10. The highest BCUT2D eigenvalue weighted by Gasteiger charge is 2.17. The average molecular weight is 263 g/mol. The summed E-state index contributed by atoms with van der Waals surface area (Å²) in [4.78, 5) is 6.97. The van der Waals surface area contributed by atoms with E-state index in [2.05, 4.69) is 41.3 Å². The van der Waals surface area contributed by atoms with Gasteiger partial charge < -0.3 is 15.0 Å². The van der Waals surface area contributed by atoms with Gasteiger partial charge in [-0.1, -0.05) is 13.0 Å². The van der Waals surface area contributed by atoms with Crippen molar-refractivity contribution in [1.29, 1.82) is 0 Å². The highest BCUT2D eigenvalue weighted by atomic mass is 16.5. The monoisotopic (exact) mass is 263 g/mol. The standard InChI is InChI=1S/C15H25N3O/c1-3-16-11-13-5-4-6-14(17-13)12-19-15-7-9-18(2)10-8-15/h4-6,15-16H,3,7-12H2,1-2H3. The molecule has 2 heterocycles. The van der Waals surface area contributed by atoms with Gasteiger partial charge in [-0.05, 0) is 38.6 Å². The lowest BCUT2D eigenvalue weighted by molar-refractivity contribution is 0.000695. The maximum atomic E-state index is 5.97. The van der Waals surface area contributed by atoms with Crippen LogP contribution < -0.4 is 5.32 Å². The maximum absolute atomic E-state index is 5.97. The minimum Gasteiger partial charge on any atom is -0.372 e. The van der Waals surface area contributed by atoms with Crippen molar-refractivity contribution < 1.29 is 4.74 Å². The van der Waals surface area contributed by atoms with Gasteiger partial charge in [0.25, 0.3) is 0 Å². The summed E-state index contributed by atoms with van der Waals surface area (Å²) in [6.07, 6.45) is 2.66. The van der Waals surface area contributed by atoms with E-state index < -0.39 is 0 Å². The second kappa shape index (κ2) is 7.58. The summed E-state index contributed by atoms with van der Waals surface area (Å²) >= 11 is 0. The summed E-state index contributed by atoms with van der Waals surface area (Å²) in [5, 5.41) is 3.29. The van der Waals surface area contributed by atoms with Gasteiger partial charge in [0.05, 0.1) is 24.1 Å². The third kappa shape index (κ3) is 4.90. The van der Waals surface area contributed by atoms with Crippen molar-refractivity contribution in [3.05, 3.63) is 29.6 Å². The lowest BCUT2D eigenvalue weighted by Gasteiger charge is -2.28. The molecule has 1 saturated heterocycles. The van der Waals surface area contributed by atoms with Crippen LogP contribution in [-0.4, -0.2) is 42.7 Å². The van der Waals surface area contributed by atoms with Gasteiger partial charge in [-0.3, -0.25) is 4.98 Å². The Balaban J connectivity index is 1.78. The molecule has 1 fully saturated rings. The zero-order chi connectivity index (χ0) is 13.5. The van der Waals surface area contributed by atoms with Crippen molar-refractivity contribution in [2.24, 2.45) is 0 Å². The summed E-state index contributed by atoms with van der Waals surface area (Å²) in [7, 11) is 2.17. The van der Waals surface area contributed by atoms with E-state index >= 15 is 0 Å². The molecule has 2 rings (SSSR count). The third-order valence-electron chi connectivity index (χ3n) is 3.55. The molecular weight excluding hydrogens is 238 g/mol. The molecule has 0 aromatic carbocycles. The Bertz CT molecular complexity index is 375. The molecule has 1 aromatic heterocycles. The normalized spacial score (nSPS) is 17.8. The number of rotatable bonds is 6. The fourth-order valence-corrected chi connectivity index (χ4v) is 2.32. The molecule has 1 aromatic rings. The molecule has 1 aliphatic rings. The summed E-state index contributed by atoms with van der Waals surface area (Å²) in [6, 6.07) is 6.17. The Morgan fingerprint density at radius 1 is 1.32 bits per heavy atom. The summed E-state index contributed by atoms with van der Waals surface area (Å²) in [5.41, 5.74) is 2.13. The number of ether oxygens (including phenoxy) is 1. The van der Waals surface area contributed by atoms with E-state index in [4.69, 9.17) is 4.74 Å². The smallest absolute Gasteiger partial charge is 0.0891 e. The molecular formula is C15H25N3O. The Hall–Kier alpha value is -0.970. The summed E-state index contributed by atoms with van der Waals surface area (Å²) in [6.45, 7) is 6.81. The predicted molar refractivity (Wildman–Crippen MR) is 76.9 cm³/mol. The van der Waals surface area contributed by atoms with E-state index in [0.29, 0.717) is 12.7 Å². The molecule has 0 unspecified atom stereocenters. The van der Waals surface area contributed by atoms with Gasteiger partial charge in [0.15, 0.2) is 0 Å². The molecule has 0 atom stereocenters. The van der Waals surface area contributed by atoms with Crippen molar-refractivity contribution in [2.75, 3.05) is 26.7 Å². The second-order valence-corrected chi connectivity index (χ2v) is 5.21. The van der Waals surface area contributed by atoms with Crippen molar-refractivity contribution in [2.45, 2.75) is 39.0 Å². The van der Waals surface area contributed by atoms with Crippen LogP contribution in [0.15, 0.2) is 18.2 Å². The first-order chi connectivity index (χ1) is 9.28. The number of hydrogen-bond donors (Lipinski definition) is 1. The number of likely N-dealkylation sites (tertiary alicyclic amines) is 1. The fraction of sp³-hybridized carbons (Fsp3) is 0.667. The van der Waals surface area contributed by atoms with Gasteiger partial charge in [0, 0.05) is 19.6 Å². The van der Waals surface area contributed by atoms with E-state index in [9.17, 15) is 0 Å². The van der Waals surface area contributed by atoms with Gasteiger partial charge in [-0.15, -0.1) is 0 Å². The van der Waals surface area contributed by atoms with Crippen LogP contribution in [0.5, 0.6) is 0 Å². The molecule has 4 nitrogen and oxygen atoms in total. The van der Waals surface area contributed by atoms with Crippen molar-refractivity contribution >= 4 is 0 Å². The molecule has 4 heteroatoms. The van der Waals surface area contributed by atoms with E-state index in [1.54, 1.807) is 0 Å². The molecule has 0 radical (unpaired) electrons. The SMILES string of the molecule is CCNCc1cccc(COC2CCN(C)CC2)n1. The molecule has 0 saturated carbocycles. The first-order valence-electron chi connectivity index (χ1n) is 7.23. The van der Waals surface area contributed by atoms with Crippen LogP contribution in [0.4, 0.5) is 0 Å². The number of pyridine rings is 1. The Labute approximate surface area is 116 Å². The van der Waals surface area contributed by atoms with Gasteiger partial charge in [0.2, 0.25) is 0 Å². The number of nitrogens with one attached hydrogen (secondary N) is 1. The predicted octanol–water partition coefficient (Wildman–Crippen LogP) is 1.80. The minimum absolute atomic E-state index is 0.399. The Morgan fingerprint density at radius 3 is 2.79 bits per heavy atom. The topological polar surface area (TPSA) is 37.4 Å². The van der Waals surface area contributed by atoms with Gasteiger partial charge >= 0.3 is 0 Å². The first kappa shape index (κ1) is 14.4. The zero-order valence-corrected chi connectivity index (χ0v) is 12.1. The van der Waals surface area contributed by atoms with Crippen LogP contribution >= 0.6 is 0 Å². The lowest BCUT2D eigenvalue weighted by atomic mass is 10.1. The Kier molecular flexibility index (Phi) is 5.76. The van der Waals surface area contributed by atoms with Gasteiger partial charge in [0.1, 0.15) is 0 Å². The van der Waals surface area contributed by atoms with Gasteiger partial charge in [-0.25, -0.2) is 0 Å². The van der Waals surface area contributed by atoms with E-state index in [-0.39, 0.29) is 0 Å². The zero-order valence-electron chi connectivity index (χ0n) is 12.1. The highest BCUT2D eigenvalue weighted by Crippen LogP contribution is 2.14. The lowest BCUT2D eigenvalue weighted by Crippen LogP contribution is -2.34. The summed E-state index contributed by atoms with van der Waals surface area (Å²) in [5.74, 6) is 0. The van der Waals surface area contributed by atoms with Crippen molar-refractivity contribution in [3.63, 3.8) is 0 Å². The van der Waals surface area contributed by atoms with Crippen LogP contribution in [0.2, 0.25) is 0 Å². The molecule has 1 aliphatic heterocycles. The van der Waals surface area contributed by atoms with E-state index in [0.717, 1.165) is 50.4 Å². The molecule has 1 N–H and O–H groups in total. The minimum atomic E-state index is 0.399. The molecule has 19 heavy (non-hydrogen) atoms. The fourth-order valence-electron chi connectivity index (χ4n) is 2.32. The average Bonchev–Trinajstić information content (AvgIpc) is 2.45. The van der Waals surface area contributed by atoms with Crippen molar-refractivity contribution in [1.82, 2.24) is 15.2 Å². The van der Waals surface area contributed by atoms with E-state index in [1.807, 2.05) is 6.07 Å². The number of piperidine rings is 1. The summed E-state index contributed by atoms with van der Waals surface area (Å²) < 4.78 is 5.97. The first-order valence-corrected chi connectivity index (χ1v) is 7.23. The molecule has 0 bridgehead atoms. The van der Waals surface area contributed by atoms with Crippen LogP contribution in [0.25, 0.3) is 0 Å².